The van der Waals surface area contributed by atoms with Crippen molar-refractivity contribution in [3.63, 3.8) is 0 Å². The van der Waals surface area contributed by atoms with E-state index in [4.69, 9.17) is 18.9 Å². The average molecular weight is 357 g/mol. The standard InChI is InChI=1S/C19H19NO6/c1-2-15(26-14-6-4-3-5-7-14)19(22)23-11-18(21)20-13-8-9-16-17(10-13)25-12-24-16/h3-10,15H,2,11-12H2,1H3,(H,20,21)/t15-/m0/s1. The number of esters is 1. The minimum Gasteiger partial charge on any atom is -0.479 e. The van der Waals surface area contributed by atoms with Gasteiger partial charge in [0, 0.05) is 11.8 Å². The molecule has 0 fully saturated rings. The van der Waals surface area contributed by atoms with Gasteiger partial charge in [0.05, 0.1) is 0 Å². The Morgan fingerprint density at radius 2 is 1.88 bits per heavy atom. The molecule has 7 nitrogen and oxygen atoms in total. The number of carbonyl (C=O) groups is 2. The molecule has 2 aromatic carbocycles. The summed E-state index contributed by atoms with van der Waals surface area (Å²) < 4.78 is 21.1. The first-order valence-corrected chi connectivity index (χ1v) is 8.23. The van der Waals surface area contributed by atoms with Crippen molar-refractivity contribution in [1.82, 2.24) is 0 Å². The highest BCUT2D eigenvalue weighted by Crippen LogP contribution is 2.34. The Kier molecular flexibility index (Phi) is 5.58. The molecule has 0 spiro atoms. The highest BCUT2D eigenvalue weighted by atomic mass is 16.7. The van der Waals surface area contributed by atoms with E-state index in [2.05, 4.69) is 5.32 Å². The van der Waals surface area contributed by atoms with Crippen LogP contribution in [0.4, 0.5) is 5.69 Å². The molecule has 1 N–H and O–H groups in total. The van der Waals surface area contributed by atoms with Crippen molar-refractivity contribution in [2.45, 2.75) is 19.4 Å². The van der Waals surface area contributed by atoms with Crippen LogP contribution in [-0.4, -0.2) is 31.4 Å². The molecule has 0 aromatic heterocycles. The summed E-state index contributed by atoms with van der Waals surface area (Å²) in [4.78, 5) is 24.1. The van der Waals surface area contributed by atoms with Gasteiger partial charge in [0.25, 0.3) is 5.91 Å². The van der Waals surface area contributed by atoms with Crippen LogP contribution in [0.15, 0.2) is 48.5 Å². The molecule has 2 aromatic rings. The normalized spacial score (nSPS) is 13.0. The third-order valence-electron chi connectivity index (χ3n) is 3.66. The van der Waals surface area contributed by atoms with Gasteiger partial charge in [-0.15, -0.1) is 0 Å². The van der Waals surface area contributed by atoms with Crippen LogP contribution in [0.5, 0.6) is 17.2 Å². The van der Waals surface area contributed by atoms with Gasteiger partial charge in [0.2, 0.25) is 6.79 Å². The van der Waals surface area contributed by atoms with Gasteiger partial charge in [0.15, 0.2) is 24.2 Å². The monoisotopic (exact) mass is 357 g/mol. The van der Waals surface area contributed by atoms with Gasteiger partial charge >= 0.3 is 5.97 Å². The molecule has 1 atom stereocenters. The number of rotatable bonds is 7. The Morgan fingerprint density at radius 1 is 1.12 bits per heavy atom. The molecule has 1 heterocycles. The van der Waals surface area contributed by atoms with Crippen LogP contribution in [0.25, 0.3) is 0 Å². The lowest BCUT2D eigenvalue weighted by Gasteiger charge is -2.16. The molecular formula is C19H19NO6. The van der Waals surface area contributed by atoms with E-state index < -0.39 is 24.6 Å². The fraction of sp³-hybridized carbons (Fsp3) is 0.263. The summed E-state index contributed by atoms with van der Waals surface area (Å²) in [7, 11) is 0. The van der Waals surface area contributed by atoms with E-state index in [1.807, 2.05) is 25.1 Å². The lowest BCUT2D eigenvalue weighted by atomic mass is 10.2. The molecule has 7 heteroatoms. The first-order valence-electron chi connectivity index (χ1n) is 8.23. The molecule has 1 amide bonds. The van der Waals surface area contributed by atoms with Crippen LogP contribution >= 0.6 is 0 Å². The largest absolute Gasteiger partial charge is 0.479 e. The summed E-state index contributed by atoms with van der Waals surface area (Å²) >= 11 is 0. The topological polar surface area (TPSA) is 83.1 Å². The molecule has 136 valence electrons. The number of hydrogen-bond donors (Lipinski definition) is 1. The Labute approximate surface area is 150 Å². The van der Waals surface area contributed by atoms with Crippen molar-refractivity contribution < 1.29 is 28.5 Å². The minimum absolute atomic E-state index is 0.157. The maximum absolute atomic E-state index is 12.1. The average Bonchev–Trinajstić information content (AvgIpc) is 3.13. The first-order chi connectivity index (χ1) is 12.7. The van der Waals surface area contributed by atoms with Crippen molar-refractivity contribution in [3.8, 4) is 17.2 Å². The molecule has 0 radical (unpaired) electrons. The molecule has 0 saturated carbocycles. The van der Waals surface area contributed by atoms with Gasteiger partial charge in [-0.25, -0.2) is 4.79 Å². The molecule has 0 bridgehead atoms. The summed E-state index contributed by atoms with van der Waals surface area (Å²) in [6.45, 7) is 1.56. The van der Waals surface area contributed by atoms with E-state index in [1.54, 1.807) is 30.3 Å². The quantitative estimate of drug-likeness (QED) is 0.767. The fourth-order valence-corrected chi connectivity index (χ4v) is 2.36. The second kappa shape index (κ2) is 8.24. The van der Waals surface area contributed by atoms with E-state index in [9.17, 15) is 9.59 Å². The minimum atomic E-state index is -0.768. The van der Waals surface area contributed by atoms with Gasteiger partial charge in [0.1, 0.15) is 5.75 Å². The van der Waals surface area contributed by atoms with Gasteiger partial charge in [-0.05, 0) is 30.7 Å². The summed E-state index contributed by atoms with van der Waals surface area (Å²) in [5.74, 6) is 0.713. The number of fused-ring (bicyclic) bond motifs is 1. The summed E-state index contributed by atoms with van der Waals surface area (Å²) in [6.07, 6.45) is -0.340. The van der Waals surface area contributed by atoms with Crippen molar-refractivity contribution in [2.75, 3.05) is 18.7 Å². The summed E-state index contributed by atoms with van der Waals surface area (Å²) in [5, 5.41) is 2.64. The van der Waals surface area contributed by atoms with Gasteiger partial charge in [-0.1, -0.05) is 25.1 Å². The van der Waals surface area contributed by atoms with Crippen LogP contribution in [0.1, 0.15) is 13.3 Å². The zero-order valence-corrected chi connectivity index (χ0v) is 14.3. The Hall–Kier alpha value is -3.22. The zero-order chi connectivity index (χ0) is 18.4. The number of hydrogen-bond acceptors (Lipinski definition) is 6. The van der Waals surface area contributed by atoms with Crippen LogP contribution in [0, 0.1) is 0 Å². The molecule has 3 rings (SSSR count). The van der Waals surface area contributed by atoms with Crippen LogP contribution in [0.2, 0.25) is 0 Å². The highest BCUT2D eigenvalue weighted by molar-refractivity contribution is 5.93. The zero-order valence-electron chi connectivity index (χ0n) is 14.3. The van der Waals surface area contributed by atoms with Gasteiger partial charge < -0.3 is 24.3 Å². The highest BCUT2D eigenvalue weighted by Gasteiger charge is 2.21. The van der Waals surface area contributed by atoms with Crippen LogP contribution in [-0.2, 0) is 14.3 Å². The molecule has 26 heavy (non-hydrogen) atoms. The third kappa shape index (κ3) is 4.44. The number of benzene rings is 2. The predicted octanol–water partition coefficient (Wildman–Crippen LogP) is 2.75. The molecule has 0 unspecified atom stereocenters. The number of carbonyl (C=O) groups excluding carboxylic acids is 2. The van der Waals surface area contributed by atoms with Crippen LogP contribution < -0.4 is 19.5 Å². The van der Waals surface area contributed by atoms with E-state index in [-0.39, 0.29) is 6.79 Å². The maximum atomic E-state index is 12.1. The van der Waals surface area contributed by atoms with E-state index in [1.165, 1.54) is 0 Å². The number of para-hydroxylation sites is 1. The lowest BCUT2D eigenvalue weighted by molar-refractivity contribution is -0.154. The van der Waals surface area contributed by atoms with Crippen LogP contribution in [0.3, 0.4) is 0 Å². The summed E-state index contributed by atoms with van der Waals surface area (Å²) in [6, 6.07) is 14.0. The number of nitrogens with one attached hydrogen (secondary N) is 1. The molecule has 1 aliphatic heterocycles. The smallest absolute Gasteiger partial charge is 0.347 e. The second-order valence-electron chi connectivity index (χ2n) is 5.55. The Balaban J connectivity index is 1.49. The molecule has 0 aliphatic carbocycles. The fourth-order valence-electron chi connectivity index (χ4n) is 2.36. The Morgan fingerprint density at radius 3 is 2.65 bits per heavy atom. The van der Waals surface area contributed by atoms with Crippen molar-refractivity contribution in [1.29, 1.82) is 0 Å². The second-order valence-corrected chi connectivity index (χ2v) is 5.55. The molecule has 0 saturated heterocycles. The van der Waals surface area contributed by atoms with E-state index in [0.717, 1.165) is 0 Å². The number of amides is 1. The van der Waals surface area contributed by atoms with Gasteiger partial charge in [-0.2, -0.15) is 0 Å². The number of ether oxygens (including phenoxy) is 4. The molecule has 1 aliphatic rings. The molecular weight excluding hydrogens is 338 g/mol. The van der Waals surface area contributed by atoms with Crippen molar-refractivity contribution >= 4 is 17.6 Å². The van der Waals surface area contributed by atoms with Crippen molar-refractivity contribution in [3.05, 3.63) is 48.5 Å². The van der Waals surface area contributed by atoms with E-state index >= 15 is 0 Å². The van der Waals surface area contributed by atoms with E-state index in [0.29, 0.717) is 29.4 Å². The van der Waals surface area contributed by atoms with Gasteiger partial charge in [-0.3, -0.25) is 4.79 Å². The number of anilines is 1. The third-order valence-corrected chi connectivity index (χ3v) is 3.66. The van der Waals surface area contributed by atoms with Crippen molar-refractivity contribution in [2.24, 2.45) is 0 Å². The SMILES string of the molecule is CC[C@H](Oc1ccccc1)C(=O)OCC(=O)Nc1ccc2c(c1)OCO2. The lowest BCUT2D eigenvalue weighted by Crippen LogP contribution is -2.31. The first kappa shape index (κ1) is 17.6. The maximum Gasteiger partial charge on any atom is 0.347 e. The summed E-state index contributed by atoms with van der Waals surface area (Å²) in [5.41, 5.74) is 0.530. The Bertz CT molecular complexity index is 777. The predicted molar refractivity (Wildman–Crippen MR) is 93.3 cm³/mol.